The van der Waals surface area contributed by atoms with Gasteiger partial charge in [-0.25, -0.2) is 13.5 Å². The molecule has 1 aliphatic rings. The zero-order valence-electron chi connectivity index (χ0n) is 12.3. The van der Waals surface area contributed by atoms with Crippen LogP contribution < -0.4 is 0 Å². The van der Waals surface area contributed by atoms with Crippen molar-refractivity contribution in [3.63, 3.8) is 0 Å². The van der Waals surface area contributed by atoms with Crippen molar-refractivity contribution in [2.24, 2.45) is 5.92 Å². The third-order valence-corrected chi connectivity index (χ3v) is 4.25. The summed E-state index contributed by atoms with van der Waals surface area (Å²) in [4.78, 5) is 11.6. The minimum atomic E-state index is -2.75. The Morgan fingerprint density at radius 3 is 2.65 bits per heavy atom. The molecule has 0 saturated heterocycles. The van der Waals surface area contributed by atoms with Crippen molar-refractivity contribution in [3.8, 4) is 0 Å². The van der Waals surface area contributed by atoms with Gasteiger partial charge in [0.05, 0.1) is 12.5 Å². The molecule has 0 spiro atoms. The molecule has 23 heavy (non-hydrogen) atoms. The predicted molar refractivity (Wildman–Crippen MR) is 76.0 cm³/mol. The van der Waals surface area contributed by atoms with Crippen LogP contribution in [0.4, 0.5) is 8.78 Å². The molecule has 3 rings (SSSR count). The molecule has 0 amide bonds. The van der Waals surface area contributed by atoms with E-state index in [0.29, 0.717) is 12.1 Å². The van der Waals surface area contributed by atoms with Crippen molar-refractivity contribution in [3.05, 3.63) is 41.7 Å². The highest BCUT2D eigenvalue weighted by Crippen LogP contribution is 2.45. The maximum Gasteiger partial charge on any atom is 0.311 e. The van der Waals surface area contributed by atoms with E-state index in [2.05, 4.69) is 15.5 Å². The smallest absolute Gasteiger partial charge is 0.311 e. The molecule has 1 N–H and O–H groups in total. The van der Waals surface area contributed by atoms with Crippen LogP contribution >= 0.6 is 0 Å². The Morgan fingerprint density at radius 1 is 1.39 bits per heavy atom. The van der Waals surface area contributed by atoms with Gasteiger partial charge in [0.15, 0.2) is 0 Å². The number of carbonyl (C=O) groups is 1. The summed E-state index contributed by atoms with van der Waals surface area (Å²) in [6.45, 7) is 0.465. The third-order valence-electron chi connectivity index (χ3n) is 4.25. The van der Waals surface area contributed by atoms with Gasteiger partial charge in [-0.15, -0.1) is 5.10 Å². The summed E-state index contributed by atoms with van der Waals surface area (Å²) in [5, 5.41) is 20.3. The van der Waals surface area contributed by atoms with Crippen LogP contribution in [0.15, 0.2) is 30.6 Å². The van der Waals surface area contributed by atoms with Crippen molar-refractivity contribution in [1.82, 2.24) is 20.2 Å². The van der Waals surface area contributed by atoms with Gasteiger partial charge in [-0.2, -0.15) is 0 Å². The number of nitrogens with zero attached hydrogens (tertiary/aromatic N) is 4. The first-order valence-corrected chi connectivity index (χ1v) is 7.35. The maximum atomic E-state index is 13.4. The van der Waals surface area contributed by atoms with Crippen molar-refractivity contribution in [1.29, 1.82) is 0 Å². The van der Waals surface area contributed by atoms with Crippen LogP contribution in [0.3, 0.4) is 0 Å². The number of hydrogen-bond acceptors (Lipinski definition) is 4. The van der Waals surface area contributed by atoms with Crippen LogP contribution in [0, 0.1) is 5.92 Å². The summed E-state index contributed by atoms with van der Waals surface area (Å²) < 4.78 is 28.3. The Hall–Kier alpha value is -2.38. The Kier molecular flexibility index (Phi) is 4.06. The van der Waals surface area contributed by atoms with Gasteiger partial charge in [-0.1, -0.05) is 24.3 Å². The predicted octanol–water partition coefficient (Wildman–Crippen LogP) is 2.33. The molecule has 2 aromatic rings. The first kappa shape index (κ1) is 15.5. The second-order valence-electron chi connectivity index (χ2n) is 5.92. The van der Waals surface area contributed by atoms with E-state index in [1.165, 1.54) is 6.33 Å². The standard InChI is InChI=1S/C15H16F2N4O2/c16-15(17)6-5-12(7-15)13(14(22)23)11-3-1-10(2-4-11)8-21-9-18-19-20-21/h1-4,9,12-13H,5-8H2,(H,22,23). The van der Waals surface area contributed by atoms with Gasteiger partial charge < -0.3 is 5.11 Å². The van der Waals surface area contributed by atoms with Crippen LogP contribution in [0.2, 0.25) is 0 Å². The van der Waals surface area contributed by atoms with E-state index in [1.54, 1.807) is 28.9 Å². The Labute approximate surface area is 131 Å². The zero-order chi connectivity index (χ0) is 16.4. The van der Waals surface area contributed by atoms with E-state index in [1.807, 2.05) is 0 Å². The van der Waals surface area contributed by atoms with E-state index in [0.717, 1.165) is 5.56 Å². The lowest BCUT2D eigenvalue weighted by molar-refractivity contribution is -0.140. The quantitative estimate of drug-likeness (QED) is 0.913. The Bertz CT molecular complexity index is 673. The monoisotopic (exact) mass is 322 g/mol. The van der Waals surface area contributed by atoms with Crippen molar-refractivity contribution in [2.45, 2.75) is 37.6 Å². The van der Waals surface area contributed by atoms with E-state index < -0.39 is 23.7 Å². The summed E-state index contributed by atoms with van der Waals surface area (Å²) in [5.41, 5.74) is 1.46. The molecule has 0 aliphatic heterocycles. The molecule has 122 valence electrons. The van der Waals surface area contributed by atoms with Gasteiger partial charge in [-0.3, -0.25) is 4.79 Å². The minimum absolute atomic E-state index is 0.232. The van der Waals surface area contributed by atoms with Gasteiger partial charge in [0.1, 0.15) is 6.33 Å². The number of tetrazole rings is 1. The average Bonchev–Trinajstić information content (AvgIpc) is 3.10. The van der Waals surface area contributed by atoms with Crippen molar-refractivity contribution >= 4 is 5.97 Å². The summed E-state index contributed by atoms with van der Waals surface area (Å²) in [6.07, 6.45) is 1.11. The van der Waals surface area contributed by atoms with Crippen molar-refractivity contribution in [2.75, 3.05) is 0 Å². The summed E-state index contributed by atoms with van der Waals surface area (Å²) in [6, 6.07) is 6.93. The summed E-state index contributed by atoms with van der Waals surface area (Å²) in [7, 11) is 0. The topological polar surface area (TPSA) is 80.9 Å². The highest BCUT2D eigenvalue weighted by molar-refractivity contribution is 5.76. The van der Waals surface area contributed by atoms with Crippen LogP contribution in [0.1, 0.15) is 36.3 Å². The molecule has 8 heteroatoms. The van der Waals surface area contributed by atoms with E-state index in [4.69, 9.17) is 0 Å². The molecule has 6 nitrogen and oxygen atoms in total. The number of rotatable bonds is 5. The first-order valence-electron chi connectivity index (χ1n) is 7.35. The lowest BCUT2D eigenvalue weighted by Crippen LogP contribution is -2.21. The van der Waals surface area contributed by atoms with Crippen LogP contribution in [0.25, 0.3) is 0 Å². The largest absolute Gasteiger partial charge is 0.481 e. The Balaban J connectivity index is 1.76. The van der Waals surface area contributed by atoms with Crippen molar-refractivity contribution < 1.29 is 18.7 Å². The molecule has 0 radical (unpaired) electrons. The third kappa shape index (κ3) is 3.52. The second-order valence-corrected chi connectivity index (χ2v) is 5.92. The lowest BCUT2D eigenvalue weighted by Gasteiger charge is -2.20. The fourth-order valence-electron chi connectivity index (χ4n) is 3.16. The summed E-state index contributed by atoms with van der Waals surface area (Å²) in [5.74, 6) is -5.24. The molecule has 1 fully saturated rings. The molecule has 1 aromatic carbocycles. The SMILES string of the molecule is O=C(O)C(c1ccc(Cn2cnnn2)cc1)C1CCC(F)(F)C1. The molecule has 1 aromatic heterocycles. The highest BCUT2D eigenvalue weighted by atomic mass is 19.3. The number of benzene rings is 1. The minimum Gasteiger partial charge on any atom is -0.481 e. The van der Waals surface area contributed by atoms with Gasteiger partial charge in [0.2, 0.25) is 5.92 Å². The zero-order valence-corrected chi connectivity index (χ0v) is 12.3. The van der Waals surface area contributed by atoms with Crippen LogP contribution in [-0.4, -0.2) is 37.2 Å². The van der Waals surface area contributed by atoms with Crippen LogP contribution in [-0.2, 0) is 11.3 Å². The molecule has 1 aliphatic carbocycles. The lowest BCUT2D eigenvalue weighted by atomic mass is 9.84. The fourth-order valence-corrected chi connectivity index (χ4v) is 3.16. The van der Waals surface area contributed by atoms with E-state index in [9.17, 15) is 18.7 Å². The summed E-state index contributed by atoms with van der Waals surface area (Å²) >= 11 is 0. The van der Waals surface area contributed by atoms with Gasteiger partial charge in [-0.05, 0) is 33.9 Å². The van der Waals surface area contributed by atoms with Gasteiger partial charge >= 0.3 is 5.97 Å². The molecule has 2 unspecified atom stereocenters. The normalized spacial score (nSPS) is 21.2. The molecule has 1 saturated carbocycles. The molecule has 2 atom stereocenters. The molecular formula is C15H16F2N4O2. The second kappa shape index (κ2) is 6.02. The number of hydrogen-bond donors (Lipinski definition) is 1. The van der Waals surface area contributed by atoms with E-state index in [-0.39, 0.29) is 19.3 Å². The number of carboxylic acid groups (broad SMARTS) is 1. The number of aromatic nitrogens is 4. The molecular weight excluding hydrogens is 306 g/mol. The number of halogens is 2. The Morgan fingerprint density at radius 2 is 2.13 bits per heavy atom. The first-order chi connectivity index (χ1) is 10.9. The number of alkyl halides is 2. The number of carboxylic acids is 1. The molecule has 0 bridgehead atoms. The average molecular weight is 322 g/mol. The fraction of sp³-hybridized carbons (Fsp3) is 0.467. The number of aliphatic carboxylic acids is 1. The highest BCUT2D eigenvalue weighted by Gasteiger charge is 2.45. The molecule has 1 heterocycles. The van der Waals surface area contributed by atoms with E-state index >= 15 is 0 Å². The maximum absolute atomic E-state index is 13.4. The van der Waals surface area contributed by atoms with Gasteiger partial charge in [0.25, 0.3) is 0 Å². The van der Waals surface area contributed by atoms with Gasteiger partial charge in [0, 0.05) is 12.8 Å². The van der Waals surface area contributed by atoms with Crippen LogP contribution in [0.5, 0.6) is 0 Å².